The van der Waals surface area contributed by atoms with Gasteiger partial charge in [0.1, 0.15) is 7.05 Å². The Morgan fingerprint density at radius 3 is 2.79 bits per heavy atom. The van der Waals surface area contributed by atoms with E-state index >= 15 is 0 Å². The van der Waals surface area contributed by atoms with E-state index in [1.807, 2.05) is 24.0 Å². The molecule has 1 unspecified atom stereocenters. The third-order valence-corrected chi connectivity index (χ3v) is 6.60. The molecule has 0 aromatic carbocycles. The van der Waals surface area contributed by atoms with Crippen molar-refractivity contribution in [1.29, 1.82) is 0 Å². The van der Waals surface area contributed by atoms with Crippen LogP contribution in [0.1, 0.15) is 41.0 Å². The Hall–Kier alpha value is -3.34. The standard InChI is InChI=1S/C23H31N7O3S/c1-29-11-6-16(7-12-29)4-5-17-8-13-30(22(17)33)15-19(31)28-18(3-2-9-27-23(24)25)20(32)21-26-10-14-34-21/h6-7,10-12,14,17-18H,2-5,8-9,13,15H2,1H3,(H4-,24,25,27,28,31)/p+1/t17?,18-/m0/s1. The number of rotatable bonds is 12. The van der Waals surface area contributed by atoms with Crippen molar-refractivity contribution in [1.82, 2.24) is 15.2 Å². The number of amides is 2. The highest BCUT2D eigenvalue weighted by Gasteiger charge is 2.33. The van der Waals surface area contributed by atoms with Gasteiger partial charge in [-0.2, -0.15) is 0 Å². The molecule has 0 saturated carbocycles. The first-order chi connectivity index (χ1) is 16.3. The molecule has 1 aliphatic rings. The summed E-state index contributed by atoms with van der Waals surface area (Å²) in [6, 6.07) is 3.36. The van der Waals surface area contributed by atoms with E-state index in [-0.39, 0.29) is 36.0 Å². The third-order valence-electron chi connectivity index (χ3n) is 5.81. The van der Waals surface area contributed by atoms with Crippen molar-refractivity contribution in [3.05, 3.63) is 46.7 Å². The molecule has 0 aliphatic carbocycles. The van der Waals surface area contributed by atoms with E-state index in [2.05, 4.69) is 27.4 Å². The molecule has 1 fully saturated rings. The van der Waals surface area contributed by atoms with E-state index in [0.717, 1.165) is 19.3 Å². The van der Waals surface area contributed by atoms with Gasteiger partial charge >= 0.3 is 0 Å². The van der Waals surface area contributed by atoms with Crippen molar-refractivity contribution >= 4 is 34.9 Å². The zero-order chi connectivity index (χ0) is 24.5. The molecule has 11 heteroatoms. The number of pyridine rings is 1. The Morgan fingerprint density at radius 2 is 2.12 bits per heavy atom. The lowest BCUT2D eigenvalue weighted by atomic mass is 9.99. The van der Waals surface area contributed by atoms with Crippen molar-refractivity contribution in [2.45, 2.75) is 38.1 Å². The van der Waals surface area contributed by atoms with Crippen LogP contribution in [-0.2, 0) is 23.1 Å². The number of hydrogen-bond acceptors (Lipinski definition) is 6. The van der Waals surface area contributed by atoms with Crippen LogP contribution in [0.2, 0.25) is 0 Å². The van der Waals surface area contributed by atoms with Crippen LogP contribution in [-0.4, -0.2) is 59.1 Å². The van der Waals surface area contributed by atoms with E-state index < -0.39 is 6.04 Å². The quantitative estimate of drug-likeness (QED) is 0.128. The average Bonchev–Trinajstić information content (AvgIpc) is 3.46. The van der Waals surface area contributed by atoms with Crippen molar-refractivity contribution in [3.63, 3.8) is 0 Å². The predicted molar refractivity (Wildman–Crippen MR) is 129 cm³/mol. The molecule has 182 valence electrons. The lowest BCUT2D eigenvalue weighted by molar-refractivity contribution is -0.671. The molecule has 1 aliphatic heterocycles. The maximum Gasteiger partial charge on any atom is 0.240 e. The van der Waals surface area contributed by atoms with Crippen LogP contribution >= 0.6 is 11.3 Å². The van der Waals surface area contributed by atoms with Crippen LogP contribution in [0.25, 0.3) is 0 Å². The van der Waals surface area contributed by atoms with Crippen LogP contribution in [0.3, 0.4) is 0 Å². The number of aromatic nitrogens is 2. The molecule has 0 radical (unpaired) electrons. The number of Topliss-reactive ketones (excluding diaryl/α,β-unsaturated/α-hetero) is 1. The Bertz CT molecular complexity index is 1000. The summed E-state index contributed by atoms with van der Waals surface area (Å²) in [6.45, 7) is 0.828. The number of nitrogens with zero attached hydrogens (tertiary/aromatic N) is 4. The fraction of sp³-hybridized carbons (Fsp3) is 0.478. The lowest BCUT2D eigenvalue weighted by Crippen LogP contribution is -2.46. The van der Waals surface area contributed by atoms with Crippen molar-refractivity contribution < 1.29 is 19.0 Å². The molecular formula is C23H32N7O3S+. The highest BCUT2D eigenvalue weighted by molar-refractivity contribution is 7.11. The van der Waals surface area contributed by atoms with Crippen LogP contribution < -0.4 is 21.4 Å². The van der Waals surface area contributed by atoms with E-state index in [1.165, 1.54) is 16.9 Å². The van der Waals surface area contributed by atoms with Gasteiger partial charge in [0.25, 0.3) is 0 Å². The van der Waals surface area contributed by atoms with Gasteiger partial charge in [0.05, 0.1) is 12.6 Å². The average molecular weight is 487 g/mol. The summed E-state index contributed by atoms with van der Waals surface area (Å²) in [4.78, 5) is 48.0. The zero-order valence-electron chi connectivity index (χ0n) is 19.4. The molecule has 0 bridgehead atoms. The molecule has 34 heavy (non-hydrogen) atoms. The number of carbonyl (C=O) groups is 3. The second kappa shape index (κ2) is 12.2. The number of likely N-dealkylation sites (tertiary alicyclic amines) is 1. The minimum atomic E-state index is -0.749. The molecule has 1 saturated heterocycles. The molecule has 10 nitrogen and oxygen atoms in total. The molecule has 2 aromatic heterocycles. The Labute approximate surface area is 203 Å². The Morgan fingerprint density at radius 1 is 1.35 bits per heavy atom. The number of aryl methyl sites for hydroxylation is 2. The SMILES string of the molecule is C[n+]1ccc(CCC2CCN(CC(=O)N[C@@H](CCCN=C(N)N)C(=O)c3nccs3)C2=O)cc1. The van der Waals surface area contributed by atoms with Crippen LogP contribution in [0.5, 0.6) is 0 Å². The van der Waals surface area contributed by atoms with E-state index in [4.69, 9.17) is 11.5 Å². The van der Waals surface area contributed by atoms with E-state index in [0.29, 0.717) is 30.9 Å². The summed E-state index contributed by atoms with van der Waals surface area (Å²) in [6.07, 6.45) is 8.71. The third kappa shape index (κ3) is 7.34. The lowest BCUT2D eigenvalue weighted by Gasteiger charge is -2.20. The first kappa shape index (κ1) is 25.3. The minimum Gasteiger partial charge on any atom is -0.370 e. The predicted octanol–water partition coefficient (Wildman–Crippen LogP) is 0.170. The van der Waals surface area contributed by atoms with Gasteiger partial charge in [-0.3, -0.25) is 19.4 Å². The second-order valence-corrected chi connectivity index (χ2v) is 9.32. The van der Waals surface area contributed by atoms with Crippen LogP contribution in [0.4, 0.5) is 0 Å². The van der Waals surface area contributed by atoms with Crippen molar-refractivity contribution in [2.75, 3.05) is 19.6 Å². The molecule has 3 heterocycles. The molecule has 2 amide bonds. The molecule has 5 N–H and O–H groups in total. The monoisotopic (exact) mass is 486 g/mol. The molecule has 0 spiro atoms. The maximum absolute atomic E-state index is 12.8. The summed E-state index contributed by atoms with van der Waals surface area (Å²) >= 11 is 1.22. The number of hydrogen-bond donors (Lipinski definition) is 3. The summed E-state index contributed by atoms with van der Waals surface area (Å²) in [5.74, 6) is -0.729. The number of nitrogens with one attached hydrogen (secondary N) is 1. The number of nitrogens with two attached hydrogens (primary N) is 2. The Balaban J connectivity index is 1.52. The van der Waals surface area contributed by atoms with Gasteiger partial charge < -0.3 is 21.7 Å². The van der Waals surface area contributed by atoms with E-state index in [9.17, 15) is 14.4 Å². The zero-order valence-corrected chi connectivity index (χ0v) is 20.2. The van der Waals surface area contributed by atoms with Crippen LogP contribution in [0.15, 0.2) is 41.1 Å². The molecule has 2 aromatic rings. The van der Waals surface area contributed by atoms with Crippen molar-refractivity contribution in [2.24, 2.45) is 29.4 Å². The van der Waals surface area contributed by atoms with Gasteiger partial charge in [-0.1, -0.05) is 0 Å². The summed E-state index contributed by atoms with van der Waals surface area (Å²) in [7, 11) is 1.96. The number of thiazole rings is 1. The molecule has 3 rings (SSSR count). The normalized spacial score (nSPS) is 16.3. The summed E-state index contributed by atoms with van der Waals surface area (Å²) < 4.78 is 1.97. The van der Waals surface area contributed by atoms with Gasteiger partial charge in [-0.25, -0.2) is 9.55 Å². The van der Waals surface area contributed by atoms with Gasteiger partial charge in [0.2, 0.25) is 17.6 Å². The Kier molecular flexibility index (Phi) is 9.08. The number of carbonyl (C=O) groups excluding carboxylic acids is 3. The number of ketones is 1. The molecular weight excluding hydrogens is 454 g/mol. The van der Waals surface area contributed by atoms with Gasteiger partial charge in [-0.05, 0) is 37.7 Å². The van der Waals surface area contributed by atoms with Crippen molar-refractivity contribution in [3.8, 4) is 0 Å². The fourth-order valence-electron chi connectivity index (χ4n) is 3.95. The topological polar surface area (TPSA) is 148 Å². The largest absolute Gasteiger partial charge is 0.370 e. The number of guanidine groups is 1. The first-order valence-electron chi connectivity index (χ1n) is 11.3. The minimum absolute atomic E-state index is 0.00723. The summed E-state index contributed by atoms with van der Waals surface area (Å²) in [5, 5.41) is 4.83. The highest BCUT2D eigenvalue weighted by Crippen LogP contribution is 2.23. The van der Waals surface area contributed by atoms with E-state index in [1.54, 1.807) is 16.5 Å². The van der Waals surface area contributed by atoms with Gasteiger partial charge in [-0.15, -0.1) is 11.3 Å². The molecule has 2 atom stereocenters. The van der Waals surface area contributed by atoms with Crippen LogP contribution in [0, 0.1) is 5.92 Å². The smallest absolute Gasteiger partial charge is 0.240 e. The maximum atomic E-state index is 12.8. The highest BCUT2D eigenvalue weighted by atomic mass is 32.1. The summed E-state index contributed by atoms with van der Waals surface area (Å²) in [5.41, 5.74) is 11.9. The number of aliphatic imine (C=N–C) groups is 1. The second-order valence-electron chi connectivity index (χ2n) is 8.43. The van der Waals surface area contributed by atoms with Gasteiger partial charge in [0, 0.05) is 42.7 Å². The first-order valence-corrected chi connectivity index (χ1v) is 12.2. The van der Waals surface area contributed by atoms with Gasteiger partial charge in [0.15, 0.2) is 23.4 Å². The fourth-order valence-corrected chi connectivity index (χ4v) is 4.58.